The van der Waals surface area contributed by atoms with Crippen LogP contribution in [-0.2, 0) is 5.33 Å². The molecule has 0 amide bonds. The van der Waals surface area contributed by atoms with E-state index in [4.69, 9.17) is 16.6 Å². The monoisotopic (exact) mass is 400 g/mol. The second kappa shape index (κ2) is 5.51. The first-order valence-electron chi connectivity index (χ1n) is 6.06. The van der Waals surface area contributed by atoms with Crippen molar-refractivity contribution in [3.8, 4) is 11.4 Å². The summed E-state index contributed by atoms with van der Waals surface area (Å²) in [5.41, 5.74) is 3.37. The molecule has 1 heterocycles. The van der Waals surface area contributed by atoms with Crippen molar-refractivity contribution in [1.29, 1.82) is 0 Å². The van der Waals surface area contributed by atoms with Crippen LogP contribution < -0.4 is 0 Å². The van der Waals surface area contributed by atoms with E-state index in [-0.39, 0.29) is 0 Å². The van der Waals surface area contributed by atoms with Crippen molar-refractivity contribution >= 4 is 43.5 Å². The van der Waals surface area contributed by atoms with E-state index >= 15 is 0 Å². The molecule has 2 aromatic rings. The van der Waals surface area contributed by atoms with E-state index in [2.05, 4.69) is 36.8 Å². The Morgan fingerprint density at radius 3 is 2.74 bits per heavy atom. The lowest BCUT2D eigenvalue weighted by Crippen LogP contribution is -1.99. The molecule has 0 radical (unpaired) electrons. The highest BCUT2D eigenvalue weighted by Gasteiger charge is 2.28. The quantitative estimate of drug-likeness (QED) is 0.649. The molecule has 0 N–H and O–H groups in total. The van der Waals surface area contributed by atoms with Crippen molar-refractivity contribution in [2.75, 3.05) is 0 Å². The molecular formula is C14H11Br2ClN2. The van der Waals surface area contributed by atoms with Crippen LogP contribution in [0.5, 0.6) is 0 Å². The number of nitrogens with zero attached hydrogens (tertiary/aromatic N) is 2. The molecule has 0 atom stereocenters. The smallest absolute Gasteiger partial charge is 0.159 e. The Balaban J connectivity index is 2.04. The number of benzene rings is 1. The Morgan fingerprint density at radius 2 is 2.11 bits per heavy atom. The summed E-state index contributed by atoms with van der Waals surface area (Å²) in [5.74, 6) is 1.38. The maximum atomic E-state index is 6.01. The van der Waals surface area contributed by atoms with Crippen molar-refractivity contribution in [2.24, 2.45) is 0 Å². The molecule has 1 fully saturated rings. The molecule has 1 aromatic heterocycles. The van der Waals surface area contributed by atoms with Gasteiger partial charge in [0.15, 0.2) is 5.82 Å². The van der Waals surface area contributed by atoms with Crippen LogP contribution in [0, 0.1) is 0 Å². The van der Waals surface area contributed by atoms with E-state index in [1.165, 1.54) is 24.1 Å². The van der Waals surface area contributed by atoms with Crippen LogP contribution in [0.25, 0.3) is 11.4 Å². The number of hydrogen-bond acceptors (Lipinski definition) is 2. The summed E-state index contributed by atoms with van der Waals surface area (Å²) in [6.07, 6.45) is 4.40. The molecule has 0 spiro atoms. The lowest BCUT2D eigenvalue weighted by atomic mass is 10.1. The molecule has 19 heavy (non-hydrogen) atoms. The maximum absolute atomic E-state index is 6.01. The molecule has 1 aliphatic carbocycles. The van der Waals surface area contributed by atoms with Gasteiger partial charge in [0, 0.05) is 33.0 Å². The zero-order valence-electron chi connectivity index (χ0n) is 10.0. The number of rotatable bonds is 3. The van der Waals surface area contributed by atoms with Gasteiger partial charge in [0.25, 0.3) is 0 Å². The molecule has 1 aliphatic rings. The Bertz CT molecular complexity index is 627. The highest BCUT2D eigenvalue weighted by molar-refractivity contribution is 9.10. The van der Waals surface area contributed by atoms with E-state index in [0.29, 0.717) is 10.9 Å². The molecule has 1 saturated carbocycles. The molecule has 0 unspecified atom stereocenters. The zero-order chi connectivity index (χ0) is 13.4. The minimum Gasteiger partial charge on any atom is -0.236 e. The lowest BCUT2D eigenvalue weighted by Gasteiger charge is -2.08. The van der Waals surface area contributed by atoms with Crippen LogP contribution in [0.15, 0.2) is 28.9 Å². The molecule has 5 heteroatoms. The summed E-state index contributed by atoms with van der Waals surface area (Å²) in [5, 5.41) is 1.51. The van der Waals surface area contributed by atoms with Gasteiger partial charge in [0.05, 0.1) is 10.7 Å². The average molecular weight is 403 g/mol. The van der Waals surface area contributed by atoms with E-state index in [9.17, 15) is 0 Å². The van der Waals surface area contributed by atoms with E-state index in [0.717, 1.165) is 21.2 Å². The van der Waals surface area contributed by atoms with Crippen LogP contribution in [0.4, 0.5) is 0 Å². The SMILES string of the molecule is Clc1ccc(-c2ncc(CBr)c(C3CC3)n2)cc1Br. The minimum absolute atomic E-state index is 0.616. The fraction of sp³-hybridized carbons (Fsp3) is 0.286. The molecular weight excluding hydrogens is 391 g/mol. The first kappa shape index (κ1) is 13.5. The summed E-state index contributed by atoms with van der Waals surface area (Å²) in [6, 6.07) is 5.77. The van der Waals surface area contributed by atoms with Crippen molar-refractivity contribution in [3.63, 3.8) is 0 Å². The lowest BCUT2D eigenvalue weighted by molar-refractivity contribution is 0.962. The fourth-order valence-electron chi connectivity index (χ4n) is 2.01. The van der Waals surface area contributed by atoms with Gasteiger partial charge in [-0.15, -0.1) is 0 Å². The second-order valence-electron chi connectivity index (χ2n) is 4.64. The number of hydrogen-bond donors (Lipinski definition) is 0. The van der Waals surface area contributed by atoms with Crippen molar-refractivity contribution in [2.45, 2.75) is 24.1 Å². The molecule has 2 nitrogen and oxygen atoms in total. The third-order valence-electron chi connectivity index (χ3n) is 3.18. The second-order valence-corrected chi connectivity index (χ2v) is 6.46. The van der Waals surface area contributed by atoms with Gasteiger partial charge >= 0.3 is 0 Å². The van der Waals surface area contributed by atoms with Gasteiger partial charge in [0.2, 0.25) is 0 Å². The van der Waals surface area contributed by atoms with E-state index in [1.807, 2.05) is 24.4 Å². The Labute approximate surface area is 133 Å². The maximum Gasteiger partial charge on any atom is 0.159 e. The largest absolute Gasteiger partial charge is 0.236 e. The van der Waals surface area contributed by atoms with Crippen molar-refractivity contribution in [3.05, 3.63) is 45.1 Å². The van der Waals surface area contributed by atoms with Gasteiger partial charge in [-0.25, -0.2) is 9.97 Å². The van der Waals surface area contributed by atoms with Crippen molar-refractivity contribution in [1.82, 2.24) is 9.97 Å². The normalized spacial score (nSPS) is 14.7. The molecule has 0 saturated heterocycles. The molecule has 0 bridgehead atoms. The van der Waals surface area contributed by atoms with Crippen LogP contribution in [0.2, 0.25) is 5.02 Å². The fourth-order valence-corrected chi connectivity index (χ4v) is 2.94. The van der Waals surface area contributed by atoms with Gasteiger partial charge < -0.3 is 0 Å². The Morgan fingerprint density at radius 1 is 1.32 bits per heavy atom. The van der Waals surface area contributed by atoms with Crippen LogP contribution in [0.3, 0.4) is 0 Å². The van der Waals surface area contributed by atoms with Gasteiger partial charge in [-0.05, 0) is 47.0 Å². The van der Waals surface area contributed by atoms with Crippen LogP contribution in [-0.4, -0.2) is 9.97 Å². The number of aromatic nitrogens is 2. The van der Waals surface area contributed by atoms with Crippen molar-refractivity contribution < 1.29 is 0 Å². The first-order chi connectivity index (χ1) is 9.19. The topological polar surface area (TPSA) is 25.8 Å². The summed E-state index contributed by atoms with van der Waals surface area (Å²) in [4.78, 5) is 9.20. The predicted octanol–water partition coefficient (Wildman–Crippen LogP) is 5.33. The highest BCUT2D eigenvalue weighted by Crippen LogP contribution is 2.41. The van der Waals surface area contributed by atoms with Gasteiger partial charge in [-0.2, -0.15) is 0 Å². The van der Waals surface area contributed by atoms with Gasteiger partial charge in [0.1, 0.15) is 0 Å². The third kappa shape index (κ3) is 2.86. The predicted molar refractivity (Wildman–Crippen MR) is 84.8 cm³/mol. The van der Waals surface area contributed by atoms with Crippen LogP contribution >= 0.6 is 43.5 Å². The Kier molecular flexibility index (Phi) is 3.92. The van der Waals surface area contributed by atoms with Gasteiger partial charge in [-0.3, -0.25) is 0 Å². The number of alkyl halides is 1. The van der Waals surface area contributed by atoms with Crippen LogP contribution in [0.1, 0.15) is 30.0 Å². The Hall–Kier alpha value is -0.450. The van der Waals surface area contributed by atoms with Gasteiger partial charge in [-0.1, -0.05) is 27.5 Å². The minimum atomic E-state index is 0.616. The van der Waals surface area contributed by atoms with E-state index in [1.54, 1.807) is 0 Å². The summed E-state index contributed by atoms with van der Waals surface area (Å²) in [6.45, 7) is 0. The molecule has 3 rings (SSSR count). The zero-order valence-corrected chi connectivity index (χ0v) is 14.0. The summed E-state index contributed by atoms with van der Waals surface area (Å²) >= 11 is 13.0. The van der Waals surface area contributed by atoms with E-state index < -0.39 is 0 Å². The summed E-state index contributed by atoms with van der Waals surface area (Å²) < 4.78 is 0.868. The molecule has 0 aliphatic heterocycles. The molecule has 98 valence electrons. The molecule has 1 aromatic carbocycles. The highest BCUT2D eigenvalue weighted by atomic mass is 79.9. The number of halogens is 3. The third-order valence-corrected chi connectivity index (χ3v) is 5.00. The summed E-state index contributed by atoms with van der Waals surface area (Å²) in [7, 11) is 0. The standard InChI is InChI=1S/C14H11Br2ClN2/c15-6-10-7-18-14(19-13(10)8-1-2-8)9-3-4-12(17)11(16)5-9/h3-5,7-8H,1-2,6H2. The first-order valence-corrected chi connectivity index (χ1v) is 8.35. The average Bonchev–Trinajstić information content (AvgIpc) is 3.25.